The van der Waals surface area contributed by atoms with Crippen LogP contribution in [0.2, 0.25) is 0 Å². The fourth-order valence-electron chi connectivity index (χ4n) is 0.672. The van der Waals surface area contributed by atoms with Crippen molar-refractivity contribution in [2.75, 3.05) is 13.2 Å². The Hall–Kier alpha value is -0.550. The number of hydrogen-bond acceptors (Lipinski definition) is 1. The Morgan fingerprint density at radius 3 is 2.00 bits per heavy atom. The van der Waals surface area contributed by atoms with E-state index in [1.54, 1.807) is 0 Å². The predicted molar refractivity (Wildman–Crippen MR) is 51.0 cm³/mol. The molecule has 2 heteroatoms. The second-order valence-corrected chi connectivity index (χ2v) is 4.88. The smallest absolute Gasteiger partial charge is 0.221 e. The molecular formula is C10H19NO. The van der Waals surface area contributed by atoms with Crippen molar-refractivity contribution in [1.82, 2.24) is 0 Å². The van der Waals surface area contributed by atoms with Gasteiger partial charge in [-0.05, 0) is 20.8 Å². The monoisotopic (exact) mass is 169 g/mol. The lowest BCUT2D eigenvalue weighted by atomic mass is 9.95. The van der Waals surface area contributed by atoms with Gasteiger partial charge in [-0.3, -0.25) is 0 Å². The molecule has 0 spiro atoms. The summed E-state index contributed by atoms with van der Waals surface area (Å²) in [4.78, 5) is 3.38. The lowest BCUT2D eigenvalue weighted by Gasteiger charge is -2.25. The summed E-state index contributed by atoms with van der Waals surface area (Å²) in [5.74, 6) is 0. The average Bonchev–Trinajstić information content (AvgIpc) is 1.83. The summed E-state index contributed by atoms with van der Waals surface area (Å²) < 4.78 is 5.60. The van der Waals surface area contributed by atoms with Crippen molar-refractivity contribution in [1.29, 1.82) is 0 Å². The first-order chi connectivity index (χ1) is 5.27. The van der Waals surface area contributed by atoms with Gasteiger partial charge in [-0.25, -0.2) is 6.57 Å². The van der Waals surface area contributed by atoms with Crippen LogP contribution in [0.25, 0.3) is 4.85 Å². The fourth-order valence-corrected chi connectivity index (χ4v) is 0.672. The largest absolute Gasteiger partial charge is 0.375 e. The minimum absolute atomic E-state index is 0.0188. The first-order valence-corrected chi connectivity index (χ1v) is 4.24. The van der Waals surface area contributed by atoms with Crippen molar-refractivity contribution in [3.63, 3.8) is 0 Å². The Morgan fingerprint density at radius 1 is 1.17 bits per heavy atom. The SMILES string of the molecule is [C-]#[N+]CC(C)(C)COC(C)(C)C. The molecule has 0 aliphatic heterocycles. The summed E-state index contributed by atoms with van der Waals surface area (Å²) >= 11 is 0. The van der Waals surface area contributed by atoms with E-state index in [0.29, 0.717) is 13.2 Å². The minimum atomic E-state index is -0.0979. The molecule has 0 atom stereocenters. The van der Waals surface area contributed by atoms with Gasteiger partial charge in [-0.15, -0.1) is 0 Å². The van der Waals surface area contributed by atoms with Crippen LogP contribution in [0.3, 0.4) is 0 Å². The molecular weight excluding hydrogens is 150 g/mol. The third kappa shape index (κ3) is 6.18. The highest BCUT2D eigenvalue weighted by Crippen LogP contribution is 2.19. The second kappa shape index (κ2) is 3.91. The maximum absolute atomic E-state index is 6.76. The van der Waals surface area contributed by atoms with Crippen molar-refractivity contribution >= 4 is 0 Å². The Morgan fingerprint density at radius 2 is 1.67 bits per heavy atom. The molecule has 0 aromatic heterocycles. The molecule has 0 rings (SSSR count). The molecule has 0 aliphatic carbocycles. The van der Waals surface area contributed by atoms with E-state index in [9.17, 15) is 0 Å². The zero-order valence-corrected chi connectivity index (χ0v) is 8.77. The maximum Gasteiger partial charge on any atom is 0.221 e. The lowest BCUT2D eigenvalue weighted by molar-refractivity contribution is -0.0388. The Kier molecular flexibility index (Phi) is 3.73. The highest BCUT2D eigenvalue weighted by atomic mass is 16.5. The number of ether oxygens (including phenoxy) is 1. The third-order valence-corrected chi connectivity index (χ3v) is 1.40. The van der Waals surface area contributed by atoms with Crippen LogP contribution in [0, 0.1) is 12.0 Å². The van der Waals surface area contributed by atoms with Crippen LogP contribution in [0.1, 0.15) is 34.6 Å². The van der Waals surface area contributed by atoms with E-state index in [4.69, 9.17) is 11.3 Å². The van der Waals surface area contributed by atoms with Gasteiger partial charge in [-0.2, -0.15) is 0 Å². The number of nitrogens with zero attached hydrogens (tertiary/aromatic N) is 1. The average molecular weight is 169 g/mol. The summed E-state index contributed by atoms with van der Waals surface area (Å²) in [7, 11) is 0. The standard InChI is InChI=1S/C10H19NO/c1-9(2,3)12-8-10(4,5)7-11-6/h7-8H2,1-5H3. The first kappa shape index (κ1) is 11.4. The van der Waals surface area contributed by atoms with Gasteiger partial charge < -0.3 is 9.58 Å². The van der Waals surface area contributed by atoms with Crippen molar-refractivity contribution < 1.29 is 4.74 Å². The van der Waals surface area contributed by atoms with Crippen molar-refractivity contribution in [3.8, 4) is 0 Å². The van der Waals surface area contributed by atoms with Crippen LogP contribution in [0.4, 0.5) is 0 Å². The van der Waals surface area contributed by atoms with Crippen LogP contribution in [0.15, 0.2) is 0 Å². The molecule has 0 N–H and O–H groups in total. The molecule has 0 bridgehead atoms. The van der Waals surface area contributed by atoms with Gasteiger partial charge >= 0.3 is 0 Å². The first-order valence-electron chi connectivity index (χ1n) is 4.24. The van der Waals surface area contributed by atoms with E-state index >= 15 is 0 Å². The fraction of sp³-hybridized carbons (Fsp3) is 0.900. The zero-order chi connectivity index (χ0) is 9.83. The Bertz CT molecular complexity index is 171. The van der Waals surface area contributed by atoms with Crippen molar-refractivity contribution in [3.05, 3.63) is 11.4 Å². The van der Waals surface area contributed by atoms with Crippen LogP contribution >= 0.6 is 0 Å². The number of rotatable bonds is 3. The predicted octanol–water partition coefficient (Wildman–Crippen LogP) is 2.75. The van der Waals surface area contributed by atoms with E-state index < -0.39 is 0 Å². The van der Waals surface area contributed by atoms with E-state index in [1.807, 2.05) is 20.8 Å². The molecule has 0 saturated heterocycles. The van der Waals surface area contributed by atoms with Crippen LogP contribution in [-0.4, -0.2) is 18.8 Å². The highest BCUT2D eigenvalue weighted by Gasteiger charge is 2.24. The molecule has 0 amide bonds. The third-order valence-electron chi connectivity index (χ3n) is 1.40. The molecule has 0 unspecified atom stereocenters. The molecule has 0 aromatic carbocycles. The Balaban J connectivity index is 3.85. The van der Waals surface area contributed by atoms with Crippen LogP contribution < -0.4 is 0 Å². The lowest BCUT2D eigenvalue weighted by Crippen LogP contribution is -2.29. The zero-order valence-electron chi connectivity index (χ0n) is 8.77. The van der Waals surface area contributed by atoms with Crippen molar-refractivity contribution in [2.45, 2.75) is 40.2 Å². The van der Waals surface area contributed by atoms with Gasteiger partial charge in [-0.1, -0.05) is 13.8 Å². The van der Waals surface area contributed by atoms with Crippen LogP contribution in [0.5, 0.6) is 0 Å². The van der Waals surface area contributed by atoms with Gasteiger partial charge in [0, 0.05) is 0 Å². The quantitative estimate of drug-likeness (QED) is 0.592. The molecule has 2 nitrogen and oxygen atoms in total. The molecule has 0 fully saturated rings. The molecule has 0 aromatic rings. The molecule has 12 heavy (non-hydrogen) atoms. The minimum Gasteiger partial charge on any atom is -0.375 e. The van der Waals surface area contributed by atoms with E-state index in [0.717, 1.165) is 0 Å². The molecule has 0 heterocycles. The normalized spacial score (nSPS) is 12.7. The summed E-state index contributed by atoms with van der Waals surface area (Å²) in [6.07, 6.45) is 0. The van der Waals surface area contributed by atoms with Crippen molar-refractivity contribution in [2.24, 2.45) is 5.41 Å². The molecule has 0 radical (unpaired) electrons. The van der Waals surface area contributed by atoms with Gasteiger partial charge in [0.2, 0.25) is 6.54 Å². The summed E-state index contributed by atoms with van der Waals surface area (Å²) in [6.45, 7) is 18.1. The van der Waals surface area contributed by atoms with Gasteiger partial charge in [0.25, 0.3) is 0 Å². The molecule has 70 valence electrons. The topological polar surface area (TPSA) is 13.6 Å². The summed E-state index contributed by atoms with van der Waals surface area (Å²) in [5, 5.41) is 0. The van der Waals surface area contributed by atoms with Gasteiger partial charge in [0.15, 0.2) is 0 Å². The summed E-state index contributed by atoms with van der Waals surface area (Å²) in [6, 6.07) is 0. The molecule has 0 aliphatic rings. The van der Waals surface area contributed by atoms with E-state index in [1.165, 1.54) is 0 Å². The second-order valence-electron chi connectivity index (χ2n) is 4.88. The Labute approximate surface area is 75.7 Å². The number of hydrogen-bond donors (Lipinski definition) is 0. The summed E-state index contributed by atoms with van der Waals surface area (Å²) in [5.41, 5.74) is -0.117. The van der Waals surface area contributed by atoms with Gasteiger partial charge in [0.05, 0.1) is 17.6 Å². The maximum atomic E-state index is 6.76. The highest BCUT2D eigenvalue weighted by molar-refractivity contribution is 4.78. The van der Waals surface area contributed by atoms with Gasteiger partial charge in [0.1, 0.15) is 0 Å². The van der Waals surface area contributed by atoms with E-state index in [-0.39, 0.29) is 11.0 Å². The molecule has 0 saturated carbocycles. The van der Waals surface area contributed by atoms with E-state index in [2.05, 4.69) is 18.7 Å². The van der Waals surface area contributed by atoms with Crippen LogP contribution in [-0.2, 0) is 4.74 Å².